The van der Waals surface area contributed by atoms with E-state index in [4.69, 9.17) is 4.74 Å². The molecule has 4 heteroatoms. The summed E-state index contributed by atoms with van der Waals surface area (Å²) in [6, 6.07) is 4.33. The Morgan fingerprint density at radius 1 is 1.41 bits per heavy atom. The smallest absolute Gasteiger partial charge is 0.213 e. The van der Waals surface area contributed by atoms with Gasteiger partial charge in [0.15, 0.2) is 0 Å². The lowest BCUT2D eigenvalue weighted by atomic mass is 10.1. The Kier molecular flexibility index (Phi) is 5.94. The second-order valence-electron chi connectivity index (χ2n) is 4.36. The molecule has 4 nitrogen and oxygen atoms in total. The van der Waals surface area contributed by atoms with Crippen LogP contribution in [0.3, 0.4) is 0 Å². The van der Waals surface area contributed by atoms with Crippen molar-refractivity contribution in [2.75, 3.05) is 33.8 Å². The molecule has 1 atom stereocenters. The number of aromatic nitrogens is 1. The third kappa shape index (κ3) is 5.15. The minimum atomic E-state index is 0.336. The summed E-state index contributed by atoms with van der Waals surface area (Å²) < 4.78 is 5.54. The number of rotatable bonds is 7. The van der Waals surface area contributed by atoms with Crippen LogP contribution in [0.4, 0.5) is 0 Å². The SMILES string of the molecule is CCNC(C)c1ccc(OCCN(C)C)nc1. The molecule has 96 valence electrons. The average Bonchev–Trinajstić information content (AvgIpc) is 2.30. The van der Waals surface area contributed by atoms with E-state index in [2.05, 4.69) is 35.1 Å². The molecule has 0 fully saturated rings. The van der Waals surface area contributed by atoms with Crippen LogP contribution in [0.25, 0.3) is 0 Å². The molecule has 0 spiro atoms. The Balaban J connectivity index is 2.44. The van der Waals surface area contributed by atoms with Crippen LogP contribution in [-0.2, 0) is 0 Å². The minimum absolute atomic E-state index is 0.336. The molecule has 0 aliphatic heterocycles. The van der Waals surface area contributed by atoms with Gasteiger partial charge in [0, 0.05) is 24.8 Å². The number of likely N-dealkylation sites (N-methyl/N-ethyl adjacent to an activating group) is 1. The van der Waals surface area contributed by atoms with Gasteiger partial charge in [0.1, 0.15) is 6.61 Å². The molecular weight excluding hydrogens is 214 g/mol. The molecule has 1 aromatic rings. The number of ether oxygens (including phenoxy) is 1. The first-order valence-electron chi connectivity index (χ1n) is 6.10. The molecule has 0 aliphatic carbocycles. The lowest BCUT2D eigenvalue weighted by molar-refractivity contribution is 0.253. The maximum absolute atomic E-state index is 5.54. The monoisotopic (exact) mass is 237 g/mol. The fraction of sp³-hybridized carbons (Fsp3) is 0.615. The van der Waals surface area contributed by atoms with Gasteiger partial charge in [0.2, 0.25) is 5.88 Å². The van der Waals surface area contributed by atoms with Crippen LogP contribution in [0.2, 0.25) is 0 Å². The number of nitrogens with zero attached hydrogens (tertiary/aromatic N) is 2. The van der Waals surface area contributed by atoms with E-state index < -0.39 is 0 Å². The molecule has 1 aromatic heterocycles. The van der Waals surface area contributed by atoms with E-state index in [0.29, 0.717) is 18.5 Å². The molecule has 0 saturated carbocycles. The van der Waals surface area contributed by atoms with Gasteiger partial charge in [-0.25, -0.2) is 4.98 Å². The predicted molar refractivity (Wildman–Crippen MR) is 70.4 cm³/mol. The first-order chi connectivity index (χ1) is 8.13. The van der Waals surface area contributed by atoms with E-state index >= 15 is 0 Å². The molecule has 1 rings (SSSR count). The van der Waals surface area contributed by atoms with Gasteiger partial charge in [-0.05, 0) is 33.1 Å². The second kappa shape index (κ2) is 7.25. The average molecular weight is 237 g/mol. The van der Waals surface area contributed by atoms with Crippen molar-refractivity contribution < 1.29 is 4.74 Å². The highest BCUT2D eigenvalue weighted by Gasteiger charge is 2.04. The van der Waals surface area contributed by atoms with Gasteiger partial charge >= 0.3 is 0 Å². The Morgan fingerprint density at radius 2 is 2.18 bits per heavy atom. The summed E-state index contributed by atoms with van der Waals surface area (Å²) in [4.78, 5) is 6.38. The standard InChI is InChI=1S/C13H23N3O/c1-5-14-11(2)12-6-7-13(15-10-12)17-9-8-16(3)4/h6-7,10-11,14H,5,8-9H2,1-4H3. The van der Waals surface area contributed by atoms with Crippen molar-refractivity contribution in [1.29, 1.82) is 0 Å². The number of hydrogen-bond acceptors (Lipinski definition) is 4. The molecule has 1 N–H and O–H groups in total. The molecule has 0 aromatic carbocycles. The van der Waals surface area contributed by atoms with Crippen LogP contribution in [0.15, 0.2) is 18.3 Å². The van der Waals surface area contributed by atoms with Crippen molar-refractivity contribution in [3.63, 3.8) is 0 Å². The van der Waals surface area contributed by atoms with E-state index in [1.807, 2.05) is 26.4 Å². The third-order valence-corrected chi connectivity index (χ3v) is 2.56. The first-order valence-corrected chi connectivity index (χ1v) is 6.10. The van der Waals surface area contributed by atoms with Crippen molar-refractivity contribution in [3.8, 4) is 5.88 Å². The first kappa shape index (κ1) is 13.9. The Morgan fingerprint density at radius 3 is 2.71 bits per heavy atom. The zero-order valence-electron chi connectivity index (χ0n) is 11.2. The van der Waals surface area contributed by atoms with Crippen LogP contribution in [0.1, 0.15) is 25.5 Å². The van der Waals surface area contributed by atoms with E-state index in [0.717, 1.165) is 13.1 Å². The normalized spacial score (nSPS) is 12.8. The van der Waals surface area contributed by atoms with Gasteiger partial charge < -0.3 is 15.0 Å². The number of nitrogens with one attached hydrogen (secondary N) is 1. The topological polar surface area (TPSA) is 37.4 Å². The molecule has 1 unspecified atom stereocenters. The summed E-state index contributed by atoms with van der Waals surface area (Å²) in [6.45, 7) is 6.76. The lowest BCUT2D eigenvalue weighted by Crippen LogP contribution is -2.20. The molecule has 17 heavy (non-hydrogen) atoms. The molecular formula is C13H23N3O. The third-order valence-electron chi connectivity index (χ3n) is 2.56. The number of pyridine rings is 1. The van der Waals surface area contributed by atoms with Gasteiger partial charge in [-0.15, -0.1) is 0 Å². The second-order valence-corrected chi connectivity index (χ2v) is 4.36. The summed E-state index contributed by atoms with van der Waals surface area (Å²) in [7, 11) is 4.05. The van der Waals surface area contributed by atoms with Gasteiger partial charge in [-0.3, -0.25) is 0 Å². The van der Waals surface area contributed by atoms with E-state index in [1.54, 1.807) is 0 Å². The summed E-state index contributed by atoms with van der Waals surface area (Å²) in [5.74, 6) is 0.694. The Bertz CT molecular complexity index is 311. The fourth-order valence-corrected chi connectivity index (χ4v) is 1.49. The quantitative estimate of drug-likeness (QED) is 0.783. The molecule has 0 amide bonds. The van der Waals surface area contributed by atoms with Gasteiger partial charge in [-0.1, -0.05) is 13.0 Å². The van der Waals surface area contributed by atoms with Crippen molar-refractivity contribution >= 4 is 0 Å². The summed E-state index contributed by atoms with van der Waals surface area (Å²) in [5.41, 5.74) is 1.19. The maximum Gasteiger partial charge on any atom is 0.213 e. The number of hydrogen-bond donors (Lipinski definition) is 1. The van der Waals surface area contributed by atoms with Crippen LogP contribution in [-0.4, -0.2) is 43.7 Å². The van der Waals surface area contributed by atoms with Crippen molar-refractivity contribution in [2.45, 2.75) is 19.9 Å². The minimum Gasteiger partial charge on any atom is -0.476 e. The molecule has 0 radical (unpaired) electrons. The molecule has 0 aliphatic rings. The molecule has 0 bridgehead atoms. The molecule has 1 heterocycles. The zero-order chi connectivity index (χ0) is 12.7. The van der Waals surface area contributed by atoms with Crippen LogP contribution < -0.4 is 10.1 Å². The zero-order valence-corrected chi connectivity index (χ0v) is 11.2. The van der Waals surface area contributed by atoms with Gasteiger partial charge in [-0.2, -0.15) is 0 Å². The lowest BCUT2D eigenvalue weighted by Gasteiger charge is -2.13. The van der Waals surface area contributed by atoms with E-state index in [-0.39, 0.29) is 0 Å². The highest BCUT2D eigenvalue weighted by Crippen LogP contribution is 2.14. The Hall–Kier alpha value is -1.13. The summed E-state index contributed by atoms with van der Waals surface area (Å²) in [5, 5.41) is 3.35. The van der Waals surface area contributed by atoms with Crippen molar-refractivity contribution in [2.24, 2.45) is 0 Å². The van der Waals surface area contributed by atoms with Crippen LogP contribution >= 0.6 is 0 Å². The summed E-state index contributed by atoms with van der Waals surface area (Å²) >= 11 is 0. The largest absolute Gasteiger partial charge is 0.476 e. The van der Waals surface area contributed by atoms with Gasteiger partial charge in [0.25, 0.3) is 0 Å². The molecule has 0 saturated heterocycles. The van der Waals surface area contributed by atoms with Crippen LogP contribution in [0, 0.1) is 0 Å². The predicted octanol–water partition coefficient (Wildman–Crippen LogP) is 1.69. The van der Waals surface area contributed by atoms with E-state index in [9.17, 15) is 0 Å². The summed E-state index contributed by atoms with van der Waals surface area (Å²) in [6.07, 6.45) is 1.87. The highest BCUT2D eigenvalue weighted by molar-refractivity contribution is 5.20. The maximum atomic E-state index is 5.54. The Labute approximate surface area is 104 Å². The van der Waals surface area contributed by atoms with Crippen LogP contribution in [0.5, 0.6) is 5.88 Å². The van der Waals surface area contributed by atoms with E-state index in [1.165, 1.54) is 5.56 Å². The van der Waals surface area contributed by atoms with Crippen molar-refractivity contribution in [1.82, 2.24) is 15.2 Å². The highest BCUT2D eigenvalue weighted by atomic mass is 16.5. The fourth-order valence-electron chi connectivity index (χ4n) is 1.49. The van der Waals surface area contributed by atoms with Crippen molar-refractivity contribution in [3.05, 3.63) is 23.9 Å². The van der Waals surface area contributed by atoms with Gasteiger partial charge in [0.05, 0.1) is 0 Å².